The lowest BCUT2D eigenvalue weighted by Crippen LogP contribution is -1.97. The largest absolute Gasteiger partial charge is 0.505 e. The summed E-state index contributed by atoms with van der Waals surface area (Å²) in [6.07, 6.45) is 0. The van der Waals surface area contributed by atoms with Gasteiger partial charge in [0, 0.05) is 21.6 Å². The molecule has 0 aliphatic rings. The van der Waals surface area contributed by atoms with Gasteiger partial charge in [-0.2, -0.15) is 0 Å². The number of hydrogen-bond donors (Lipinski definition) is 2. The van der Waals surface area contributed by atoms with Crippen LogP contribution in [0.1, 0.15) is 4.88 Å². The lowest BCUT2D eigenvalue weighted by molar-refractivity contribution is 0.476. The number of nitrogens with one attached hydrogen (secondary N) is 1. The second-order valence-corrected chi connectivity index (χ2v) is 7.60. The molecular formula is C11H7Br2Cl2NOS. The summed E-state index contributed by atoms with van der Waals surface area (Å²) in [6.45, 7) is 0.659. The van der Waals surface area contributed by atoms with E-state index in [1.165, 1.54) is 0 Å². The summed E-state index contributed by atoms with van der Waals surface area (Å²) in [4.78, 5) is 1.16. The molecule has 96 valence electrons. The number of thiophene rings is 1. The Balaban J connectivity index is 2.11. The standard InChI is InChI=1S/C11H7Br2Cl2NOS/c12-7-3-6(18-11(7)13)4-16-5-1-8(14)10(17)9(15)2-5/h1-3,16-17H,4H2. The summed E-state index contributed by atoms with van der Waals surface area (Å²) in [5.41, 5.74) is 0.767. The van der Waals surface area contributed by atoms with Gasteiger partial charge in [-0.15, -0.1) is 11.3 Å². The molecule has 0 saturated heterocycles. The van der Waals surface area contributed by atoms with Crippen molar-refractivity contribution in [2.24, 2.45) is 0 Å². The zero-order valence-corrected chi connectivity index (χ0v) is 14.3. The zero-order valence-electron chi connectivity index (χ0n) is 8.81. The summed E-state index contributed by atoms with van der Waals surface area (Å²) < 4.78 is 2.09. The van der Waals surface area contributed by atoms with E-state index in [0.29, 0.717) is 6.54 Å². The van der Waals surface area contributed by atoms with Gasteiger partial charge in [0.05, 0.1) is 13.8 Å². The smallest absolute Gasteiger partial charge is 0.152 e. The molecule has 0 radical (unpaired) electrons. The quantitative estimate of drug-likeness (QED) is 0.593. The Kier molecular flexibility index (Phi) is 4.83. The number of phenols is 1. The van der Waals surface area contributed by atoms with Crippen LogP contribution in [0.3, 0.4) is 0 Å². The number of anilines is 1. The van der Waals surface area contributed by atoms with Crippen molar-refractivity contribution in [3.8, 4) is 5.75 Å². The lowest BCUT2D eigenvalue weighted by atomic mass is 10.3. The second-order valence-electron chi connectivity index (χ2n) is 3.48. The van der Waals surface area contributed by atoms with E-state index in [1.807, 2.05) is 6.07 Å². The van der Waals surface area contributed by atoms with Crippen LogP contribution in [-0.2, 0) is 6.54 Å². The van der Waals surface area contributed by atoms with E-state index in [9.17, 15) is 5.11 Å². The van der Waals surface area contributed by atoms with Gasteiger partial charge >= 0.3 is 0 Å². The molecule has 0 unspecified atom stereocenters. The van der Waals surface area contributed by atoms with E-state index < -0.39 is 0 Å². The number of benzene rings is 1. The van der Waals surface area contributed by atoms with Gasteiger partial charge in [0.25, 0.3) is 0 Å². The Hall–Kier alpha value is 0.0600. The third-order valence-electron chi connectivity index (χ3n) is 2.18. The first-order valence-corrected chi connectivity index (χ1v) is 7.99. The monoisotopic (exact) mass is 429 g/mol. The number of rotatable bonds is 3. The fourth-order valence-electron chi connectivity index (χ4n) is 1.34. The minimum absolute atomic E-state index is 0.0921. The van der Waals surface area contributed by atoms with Crippen molar-refractivity contribution in [3.05, 3.63) is 41.4 Å². The maximum atomic E-state index is 9.45. The fraction of sp³-hybridized carbons (Fsp3) is 0.0909. The molecule has 7 heteroatoms. The molecular weight excluding hydrogens is 425 g/mol. The van der Waals surface area contributed by atoms with Crippen molar-refractivity contribution in [1.29, 1.82) is 0 Å². The second kappa shape index (κ2) is 6.01. The van der Waals surface area contributed by atoms with Gasteiger partial charge in [0.2, 0.25) is 0 Å². The minimum atomic E-state index is -0.0921. The summed E-state index contributed by atoms with van der Waals surface area (Å²) >= 11 is 20.2. The number of hydrogen-bond acceptors (Lipinski definition) is 3. The lowest BCUT2D eigenvalue weighted by Gasteiger charge is -2.07. The van der Waals surface area contributed by atoms with Crippen LogP contribution in [0.5, 0.6) is 5.75 Å². The van der Waals surface area contributed by atoms with Crippen LogP contribution in [0.25, 0.3) is 0 Å². The molecule has 1 heterocycles. The maximum absolute atomic E-state index is 9.45. The molecule has 0 saturated carbocycles. The molecule has 1 aromatic carbocycles. The van der Waals surface area contributed by atoms with E-state index in [0.717, 1.165) is 18.8 Å². The molecule has 0 spiro atoms. The molecule has 0 bridgehead atoms. The van der Waals surface area contributed by atoms with Crippen molar-refractivity contribution in [1.82, 2.24) is 0 Å². The summed E-state index contributed by atoms with van der Waals surface area (Å²) in [7, 11) is 0. The van der Waals surface area contributed by atoms with Crippen molar-refractivity contribution in [2.75, 3.05) is 5.32 Å². The molecule has 0 aliphatic heterocycles. The van der Waals surface area contributed by atoms with E-state index in [1.54, 1.807) is 23.5 Å². The first-order chi connectivity index (χ1) is 8.47. The Morgan fingerprint density at radius 3 is 2.28 bits per heavy atom. The Morgan fingerprint density at radius 1 is 1.17 bits per heavy atom. The van der Waals surface area contributed by atoms with E-state index in [-0.39, 0.29) is 15.8 Å². The Labute approximate surface area is 135 Å². The molecule has 0 atom stereocenters. The van der Waals surface area contributed by atoms with Crippen molar-refractivity contribution in [3.63, 3.8) is 0 Å². The molecule has 2 N–H and O–H groups in total. The van der Waals surface area contributed by atoms with E-state index in [2.05, 4.69) is 37.2 Å². The van der Waals surface area contributed by atoms with Gasteiger partial charge < -0.3 is 10.4 Å². The SMILES string of the molecule is Oc1c(Cl)cc(NCc2cc(Br)c(Br)s2)cc1Cl. The number of halogens is 4. The van der Waals surface area contributed by atoms with Crippen LogP contribution >= 0.6 is 66.4 Å². The van der Waals surface area contributed by atoms with E-state index in [4.69, 9.17) is 23.2 Å². The molecule has 2 aromatic rings. The molecule has 2 rings (SSSR count). The number of phenolic OH excluding ortho intramolecular Hbond substituents is 1. The molecule has 1 aromatic heterocycles. The average molecular weight is 432 g/mol. The highest BCUT2D eigenvalue weighted by atomic mass is 79.9. The molecule has 0 amide bonds. The molecule has 0 fully saturated rings. The first-order valence-electron chi connectivity index (χ1n) is 4.83. The summed E-state index contributed by atoms with van der Waals surface area (Å²) in [6, 6.07) is 5.31. The number of aromatic hydroxyl groups is 1. The summed E-state index contributed by atoms with van der Waals surface area (Å²) in [5.74, 6) is -0.0921. The van der Waals surface area contributed by atoms with Gasteiger partial charge in [-0.3, -0.25) is 0 Å². The predicted molar refractivity (Wildman–Crippen MR) is 85.2 cm³/mol. The highest BCUT2D eigenvalue weighted by molar-refractivity contribution is 9.13. The van der Waals surface area contributed by atoms with Gasteiger partial charge in [0.1, 0.15) is 0 Å². The highest BCUT2D eigenvalue weighted by Gasteiger charge is 2.08. The Morgan fingerprint density at radius 2 is 1.78 bits per heavy atom. The topological polar surface area (TPSA) is 32.3 Å². The highest BCUT2D eigenvalue weighted by Crippen LogP contribution is 2.36. The summed E-state index contributed by atoms with van der Waals surface area (Å²) in [5, 5.41) is 13.1. The molecule has 0 aliphatic carbocycles. The van der Waals surface area contributed by atoms with Crippen LogP contribution in [0.4, 0.5) is 5.69 Å². The van der Waals surface area contributed by atoms with Crippen LogP contribution in [-0.4, -0.2) is 5.11 Å². The maximum Gasteiger partial charge on any atom is 0.152 e. The van der Waals surface area contributed by atoms with Crippen LogP contribution in [0, 0.1) is 0 Å². The minimum Gasteiger partial charge on any atom is -0.505 e. The average Bonchev–Trinajstić information content (AvgIpc) is 2.63. The van der Waals surface area contributed by atoms with Gasteiger partial charge in [0.15, 0.2) is 5.75 Å². The van der Waals surface area contributed by atoms with Gasteiger partial charge in [-0.05, 0) is 50.1 Å². The van der Waals surface area contributed by atoms with Crippen molar-refractivity contribution in [2.45, 2.75) is 6.54 Å². The normalized spacial score (nSPS) is 10.7. The first kappa shape index (κ1) is 14.5. The van der Waals surface area contributed by atoms with Crippen LogP contribution < -0.4 is 5.32 Å². The fourth-order valence-corrected chi connectivity index (χ4v) is 3.94. The third-order valence-corrected chi connectivity index (χ3v) is 6.01. The van der Waals surface area contributed by atoms with Gasteiger partial charge in [-0.25, -0.2) is 0 Å². The molecule has 18 heavy (non-hydrogen) atoms. The van der Waals surface area contributed by atoms with Crippen LogP contribution in [0.15, 0.2) is 26.5 Å². The zero-order chi connectivity index (χ0) is 13.3. The predicted octanol–water partition coefficient (Wildman–Crippen LogP) is 5.90. The molecule has 2 nitrogen and oxygen atoms in total. The third kappa shape index (κ3) is 3.33. The van der Waals surface area contributed by atoms with Gasteiger partial charge in [-0.1, -0.05) is 23.2 Å². The van der Waals surface area contributed by atoms with E-state index >= 15 is 0 Å². The van der Waals surface area contributed by atoms with Crippen molar-refractivity contribution >= 4 is 72.1 Å². The van der Waals surface area contributed by atoms with Crippen molar-refractivity contribution < 1.29 is 5.11 Å². The van der Waals surface area contributed by atoms with Crippen LogP contribution in [0.2, 0.25) is 10.0 Å². The Bertz CT molecular complexity index is 546.